The van der Waals surface area contributed by atoms with Crippen molar-refractivity contribution < 1.29 is 14.3 Å². The monoisotopic (exact) mass is 304 g/mol. The molecule has 0 aromatic carbocycles. The van der Waals surface area contributed by atoms with Crippen molar-refractivity contribution in [1.29, 1.82) is 0 Å². The number of hydrogen-bond acceptors (Lipinski definition) is 5. The van der Waals surface area contributed by atoms with E-state index in [1.165, 1.54) is 13.1 Å². The molecule has 0 saturated heterocycles. The first-order chi connectivity index (χ1) is 10.4. The molecule has 22 heavy (non-hydrogen) atoms. The molecule has 0 saturated carbocycles. The van der Waals surface area contributed by atoms with Gasteiger partial charge in [-0.15, -0.1) is 0 Å². The molecule has 0 spiro atoms. The van der Waals surface area contributed by atoms with Gasteiger partial charge in [-0.2, -0.15) is 5.10 Å². The molecule has 2 aromatic heterocycles. The average molecular weight is 304 g/mol. The van der Waals surface area contributed by atoms with Crippen molar-refractivity contribution >= 4 is 22.9 Å². The Kier molecular flexibility index (Phi) is 4.75. The summed E-state index contributed by atoms with van der Waals surface area (Å²) >= 11 is 0. The Bertz CT molecular complexity index is 693. The summed E-state index contributed by atoms with van der Waals surface area (Å²) in [4.78, 5) is 27.9. The molecule has 1 unspecified atom stereocenters. The lowest BCUT2D eigenvalue weighted by atomic mass is 10.2. The summed E-state index contributed by atoms with van der Waals surface area (Å²) in [5.74, 6) is -0.900. The predicted molar refractivity (Wildman–Crippen MR) is 81.5 cm³/mol. The van der Waals surface area contributed by atoms with Crippen molar-refractivity contribution in [3.05, 3.63) is 24.0 Å². The summed E-state index contributed by atoms with van der Waals surface area (Å²) in [5.41, 5.74) is 1.01. The number of rotatable bonds is 5. The Balaban J connectivity index is 2.17. The van der Waals surface area contributed by atoms with Crippen molar-refractivity contribution in [3.63, 3.8) is 0 Å². The summed E-state index contributed by atoms with van der Waals surface area (Å²) in [7, 11) is 0. The van der Waals surface area contributed by atoms with Gasteiger partial charge < -0.3 is 10.1 Å². The molecule has 2 rings (SSSR count). The van der Waals surface area contributed by atoms with Crippen molar-refractivity contribution in [3.8, 4) is 0 Å². The van der Waals surface area contributed by atoms with E-state index in [-0.39, 0.29) is 11.9 Å². The Morgan fingerprint density at radius 2 is 2.05 bits per heavy atom. The predicted octanol–water partition coefficient (Wildman–Crippen LogP) is 1.69. The molecule has 1 N–H and O–H groups in total. The van der Waals surface area contributed by atoms with Gasteiger partial charge in [-0.25, -0.2) is 14.5 Å². The lowest BCUT2D eigenvalue weighted by molar-refractivity contribution is -0.128. The lowest BCUT2D eigenvalue weighted by Crippen LogP contribution is -2.35. The molecular formula is C15H20N4O3. The molecule has 118 valence electrons. The fourth-order valence-electron chi connectivity index (χ4n) is 2.03. The highest BCUT2D eigenvalue weighted by Crippen LogP contribution is 2.17. The van der Waals surface area contributed by atoms with Gasteiger partial charge in [0.15, 0.2) is 11.8 Å². The van der Waals surface area contributed by atoms with Crippen molar-refractivity contribution in [1.82, 2.24) is 20.1 Å². The molecule has 7 nitrogen and oxygen atoms in total. The van der Waals surface area contributed by atoms with Gasteiger partial charge in [0.2, 0.25) is 0 Å². The number of pyridine rings is 1. The highest BCUT2D eigenvalue weighted by Gasteiger charge is 2.19. The van der Waals surface area contributed by atoms with Crippen LogP contribution >= 0.6 is 0 Å². The Morgan fingerprint density at radius 3 is 2.68 bits per heavy atom. The van der Waals surface area contributed by atoms with Gasteiger partial charge >= 0.3 is 5.97 Å². The molecule has 0 radical (unpaired) electrons. The van der Waals surface area contributed by atoms with E-state index < -0.39 is 12.1 Å². The van der Waals surface area contributed by atoms with E-state index in [4.69, 9.17) is 4.74 Å². The van der Waals surface area contributed by atoms with Gasteiger partial charge in [0.25, 0.3) is 5.91 Å². The minimum atomic E-state index is -0.846. The van der Waals surface area contributed by atoms with Crippen molar-refractivity contribution in [2.45, 2.75) is 39.8 Å². The maximum atomic E-state index is 12.1. The van der Waals surface area contributed by atoms with Crippen LogP contribution in [0.5, 0.6) is 0 Å². The summed E-state index contributed by atoms with van der Waals surface area (Å²) < 4.78 is 6.92. The molecule has 0 aliphatic heterocycles. The summed E-state index contributed by atoms with van der Waals surface area (Å²) in [6.07, 6.45) is 2.25. The molecular weight excluding hydrogens is 284 g/mol. The van der Waals surface area contributed by atoms with Crippen LogP contribution in [0, 0.1) is 0 Å². The smallest absolute Gasteiger partial charge is 0.340 e. The maximum Gasteiger partial charge on any atom is 0.340 e. The summed E-state index contributed by atoms with van der Waals surface area (Å²) in [6, 6.07) is 1.85. The Labute approximate surface area is 128 Å². The number of aromatic nitrogens is 3. The minimum absolute atomic E-state index is 0.181. The van der Waals surface area contributed by atoms with Gasteiger partial charge in [-0.1, -0.05) is 0 Å². The van der Waals surface area contributed by atoms with Crippen LogP contribution in [-0.2, 0) is 9.53 Å². The van der Waals surface area contributed by atoms with E-state index in [9.17, 15) is 9.59 Å². The number of ether oxygens (including phenoxy) is 1. The SMILES string of the molecule is CCNC(=O)C(C)OC(=O)c1cnc2c(cnn2C(C)C)c1. The zero-order chi connectivity index (χ0) is 16.3. The van der Waals surface area contributed by atoms with E-state index >= 15 is 0 Å². The summed E-state index contributed by atoms with van der Waals surface area (Å²) in [5, 5.41) is 7.61. The number of carbonyl (C=O) groups excluding carboxylic acids is 2. The zero-order valence-electron chi connectivity index (χ0n) is 13.2. The first kappa shape index (κ1) is 15.9. The average Bonchev–Trinajstić information content (AvgIpc) is 2.90. The van der Waals surface area contributed by atoms with Crippen molar-refractivity contribution in [2.75, 3.05) is 6.54 Å². The minimum Gasteiger partial charge on any atom is -0.449 e. The van der Waals surface area contributed by atoms with Crippen LogP contribution in [0.15, 0.2) is 18.5 Å². The number of nitrogens with one attached hydrogen (secondary N) is 1. The van der Waals surface area contributed by atoms with Crippen LogP contribution in [-0.4, -0.2) is 39.3 Å². The first-order valence-electron chi connectivity index (χ1n) is 7.26. The van der Waals surface area contributed by atoms with E-state index in [0.717, 1.165) is 5.39 Å². The van der Waals surface area contributed by atoms with Gasteiger partial charge in [-0.3, -0.25) is 4.79 Å². The fraction of sp³-hybridized carbons (Fsp3) is 0.467. The number of carbonyl (C=O) groups is 2. The molecule has 0 aliphatic carbocycles. The normalized spacial score (nSPS) is 12.4. The quantitative estimate of drug-likeness (QED) is 0.850. The number of nitrogens with zero attached hydrogens (tertiary/aromatic N) is 3. The van der Waals surface area contributed by atoms with Crippen LogP contribution in [0.25, 0.3) is 11.0 Å². The summed E-state index contributed by atoms with van der Waals surface area (Å²) in [6.45, 7) is 7.83. The Hall–Kier alpha value is -2.44. The van der Waals surface area contributed by atoms with Crippen LogP contribution in [0.2, 0.25) is 0 Å². The fourth-order valence-corrected chi connectivity index (χ4v) is 2.03. The highest BCUT2D eigenvalue weighted by molar-refractivity contribution is 5.94. The molecule has 7 heteroatoms. The van der Waals surface area contributed by atoms with Crippen LogP contribution < -0.4 is 5.32 Å². The molecule has 0 fully saturated rings. The molecule has 2 aromatic rings. The molecule has 1 atom stereocenters. The highest BCUT2D eigenvalue weighted by atomic mass is 16.5. The van der Waals surface area contributed by atoms with Crippen LogP contribution in [0.3, 0.4) is 0 Å². The second-order valence-corrected chi connectivity index (χ2v) is 5.26. The second kappa shape index (κ2) is 6.55. The molecule has 1 amide bonds. The van der Waals surface area contributed by atoms with Crippen LogP contribution in [0.1, 0.15) is 44.1 Å². The topological polar surface area (TPSA) is 86.1 Å². The standard InChI is InChI=1S/C15H20N4O3/c1-5-16-14(20)10(4)22-15(21)12-6-11-8-18-19(9(2)3)13(11)17-7-12/h6-10H,5H2,1-4H3,(H,16,20). The van der Waals surface area contributed by atoms with E-state index in [2.05, 4.69) is 15.4 Å². The molecule has 2 heterocycles. The third kappa shape index (κ3) is 3.24. The van der Waals surface area contributed by atoms with E-state index in [0.29, 0.717) is 17.8 Å². The Morgan fingerprint density at radius 1 is 1.32 bits per heavy atom. The number of likely N-dealkylation sites (N-methyl/N-ethyl adjacent to an activating group) is 1. The number of esters is 1. The largest absolute Gasteiger partial charge is 0.449 e. The number of amides is 1. The van der Waals surface area contributed by atoms with Gasteiger partial charge in [0.1, 0.15) is 0 Å². The molecule has 0 bridgehead atoms. The van der Waals surface area contributed by atoms with Crippen LogP contribution in [0.4, 0.5) is 0 Å². The van der Waals surface area contributed by atoms with Gasteiger partial charge in [0.05, 0.1) is 11.8 Å². The third-order valence-corrected chi connectivity index (χ3v) is 3.16. The first-order valence-corrected chi connectivity index (χ1v) is 7.26. The number of hydrogen-bond donors (Lipinski definition) is 1. The van der Waals surface area contributed by atoms with E-state index in [1.54, 1.807) is 23.9 Å². The number of fused-ring (bicyclic) bond motifs is 1. The molecule has 0 aliphatic rings. The van der Waals surface area contributed by atoms with Gasteiger partial charge in [-0.05, 0) is 33.8 Å². The maximum absolute atomic E-state index is 12.1. The van der Waals surface area contributed by atoms with Gasteiger partial charge in [0, 0.05) is 24.2 Å². The van der Waals surface area contributed by atoms with E-state index in [1.807, 2.05) is 13.8 Å². The third-order valence-electron chi connectivity index (χ3n) is 3.16. The lowest BCUT2D eigenvalue weighted by Gasteiger charge is -2.12. The second-order valence-electron chi connectivity index (χ2n) is 5.26. The van der Waals surface area contributed by atoms with Crippen molar-refractivity contribution in [2.24, 2.45) is 0 Å². The zero-order valence-corrected chi connectivity index (χ0v) is 13.2.